The molecule has 1 aliphatic rings. The predicted octanol–water partition coefficient (Wildman–Crippen LogP) is 3.30. The fourth-order valence-electron chi connectivity index (χ4n) is 2.84. The van der Waals surface area contributed by atoms with Crippen LogP contribution >= 0.6 is 0 Å². The number of nitrogens with zero attached hydrogens (tertiary/aromatic N) is 2. The van der Waals surface area contributed by atoms with Crippen molar-refractivity contribution >= 4 is 17.8 Å². The van der Waals surface area contributed by atoms with E-state index in [1.54, 1.807) is 10.9 Å². The molecule has 0 atom stereocenters. The SMILES string of the molecule is CC.O=C(NNC(=O)C(F)F)c1cnc(NC2(c3ccc(F)cc3F)CCC2)nc1. The molecular formula is C19H21F4N5O2. The summed E-state index contributed by atoms with van der Waals surface area (Å²) in [6.45, 7) is 4.00. The van der Waals surface area contributed by atoms with Gasteiger partial charge in [-0.2, -0.15) is 8.78 Å². The predicted molar refractivity (Wildman–Crippen MR) is 101 cm³/mol. The third-order valence-corrected chi connectivity index (χ3v) is 4.42. The van der Waals surface area contributed by atoms with E-state index in [0.717, 1.165) is 24.9 Å². The number of carbonyl (C=O) groups is 2. The van der Waals surface area contributed by atoms with Gasteiger partial charge in [0.15, 0.2) is 0 Å². The van der Waals surface area contributed by atoms with Crippen LogP contribution in [0.5, 0.6) is 0 Å². The average Bonchev–Trinajstić information content (AvgIpc) is 2.71. The number of rotatable bonds is 5. The highest BCUT2D eigenvalue weighted by Gasteiger charge is 2.41. The molecule has 1 fully saturated rings. The second-order valence-corrected chi connectivity index (χ2v) is 6.22. The highest BCUT2D eigenvalue weighted by Crippen LogP contribution is 2.44. The second kappa shape index (κ2) is 9.99. The maximum atomic E-state index is 14.2. The van der Waals surface area contributed by atoms with E-state index in [-0.39, 0.29) is 11.5 Å². The first-order valence-electron chi connectivity index (χ1n) is 9.25. The highest BCUT2D eigenvalue weighted by atomic mass is 19.3. The summed E-state index contributed by atoms with van der Waals surface area (Å²) >= 11 is 0. The van der Waals surface area contributed by atoms with Crippen molar-refractivity contribution in [2.24, 2.45) is 0 Å². The maximum absolute atomic E-state index is 14.2. The fourth-order valence-corrected chi connectivity index (χ4v) is 2.84. The van der Waals surface area contributed by atoms with E-state index < -0.39 is 35.4 Å². The molecule has 162 valence electrons. The Morgan fingerprint density at radius 1 is 1.07 bits per heavy atom. The molecule has 0 aliphatic heterocycles. The van der Waals surface area contributed by atoms with Crippen molar-refractivity contribution in [1.82, 2.24) is 20.8 Å². The van der Waals surface area contributed by atoms with Crippen LogP contribution < -0.4 is 16.2 Å². The van der Waals surface area contributed by atoms with E-state index >= 15 is 0 Å². The van der Waals surface area contributed by atoms with Gasteiger partial charge in [-0.25, -0.2) is 18.7 Å². The minimum atomic E-state index is -3.27. The summed E-state index contributed by atoms with van der Waals surface area (Å²) < 4.78 is 51.5. The molecule has 0 saturated heterocycles. The quantitative estimate of drug-likeness (QED) is 0.503. The Hall–Kier alpha value is -3.24. The molecule has 1 aromatic carbocycles. The first kappa shape index (κ1) is 23.0. The first-order valence-corrected chi connectivity index (χ1v) is 9.25. The zero-order chi connectivity index (χ0) is 22.3. The Morgan fingerprint density at radius 2 is 1.70 bits per heavy atom. The van der Waals surface area contributed by atoms with E-state index in [1.807, 2.05) is 13.8 Å². The number of hydrogen-bond acceptors (Lipinski definition) is 5. The van der Waals surface area contributed by atoms with Gasteiger partial charge in [0.1, 0.15) is 11.6 Å². The van der Waals surface area contributed by atoms with Crippen molar-refractivity contribution in [2.75, 3.05) is 5.32 Å². The first-order chi connectivity index (χ1) is 14.3. The second-order valence-electron chi connectivity index (χ2n) is 6.22. The molecule has 2 amide bonds. The minimum absolute atomic E-state index is 0.0873. The molecule has 30 heavy (non-hydrogen) atoms. The number of carbonyl (C=O) groups excluding carboxylic acids is 2. The smallest absolute Gasteiger partial charge is 0.317 e. The van der Waals surface area contributed by atoms with Gasteiger partial charge in [-0.3, -0.25) is 20.4 Å². The summed E-state index contributed by atoms with van der Waals surface area (Å²) in [5.41, 5.74) is 2.78. The van der Waals surface area contributed by atoms with Crippen molar-refractivity contribution in [3.05, 3.63) is 53.4 Å². The molecule has 11 heteroatoms. The molecule has 0 bridgehead atoms. The topological polar surface area (TPSA) is 96.0 Å². The normalized spacial score (nSPS) is 14.1. The Morgan fingerprint density at radius 3 is 2.20 bits per heavy atom. The highest BCUT2D eigenvalue weighted by molar-refractivity contribution is 5.95. The van der Waals surface area contributed by atoms with Gasteiger partial charge in [-0.15, -0.1) is 0 Å². The van der Waals surface area contributed by atoms with E-state index in [0.29, 0.717) is 18.4 Å². The van der Waals surface area contributed by atoms with E-state index in [4.69, 9.17) is 0 Å². The summed E-state index contributed by atoms with van der Waals surface area (Å²) in [7, 11) is 0. The number of hydrazine groups is 1. The molecule has 0 unspecified atom stereocenters. The van der Waals surface area contributed by atoms with Crippen LogP contribution in [0.2, 0.25) is 0 Å². The molecule has 1 heterocycles. The third kappa shape index (κ3) is 5.22. The number of hydrogen-bond donors (Lipinski definition) is 3. The van der Waals surface area contributed by atoms with E-state index in [2.05, 4.69) is 15.3 Å². The third-order valence-electron chi connectivity index (χ3n) is 4.42. The number of halogens is 4. The molecule has 1 saturated carbocycles. The van der Waals surface area contributed by atoms with Crippen LogP contribution in [-0.2, 0) is 10.3 Å². The van der Waals surface area contributed by atoms with E-state index in [1.165, 1.54) is 12.1 Å². The number of alkyl halides is 2. The van der Waals surface area contributed by atoms with Crippen LogP contribution in [0.3, 0.4) is 0 Å². The summed E-state index contributed by atoms with van der Waals surface area (Å²) in [5, 5.41) is 3.01. The molecule has 0 radical (unpaired) electrons. The summed E-state index contributed by atoms with van der Waals surface area (Å²) in [4.78, 5) is 30.4. The van der Waals surface area contributed by atoms with Gasteiger partial charge in [0.2, 0.25) is 5.95 Å². The Balaban J connectivity index is 0.00000155. The lowest BCUT2D eigenvalue weighted by molar-refractivity contribution is -0.132. The molecule has 7 nitrogen and oxygen atoms in total. The lowest BCUT2D eigenvalue weighted by Crippen LogP contribution is -2.44. The minimum Gasteiger partial charge on any atom is -0.345 e. The largest absolute Gasteiger partial charge is 0.345 e. The Kier molecular flexibility index (Phi) is 7.67. The van der Waals surface area contributed by atoms with Crippen LogP contribution in [0, 0.1) is 11.6 Å². The zero-order valence-electron chi connectivity index (χ0n) is 16.3. The summed E-state index contributed by atoms with van der Waals surface area (Å²) in [6.07, 6.45) is 0.961. The van der Waals surface area contributed by atoms with Crippen molar-refractivity contribution in [2.45, 2.75) is 45.1 Å². The molecule has 3 N–H and O–H groups in total. The number of benzene rings is 1. The van der Waals surface area contributed by atoms with Gasteiger partial charge in [0, 0.05) is 24.0 Å². The van der Waals surface area contributed by atoms with Crippen molar-refractivity contribution < 1.29 is 27.2 Å². The number of nitrogens with one attached hydrogen (secondary N) is 3. The maximum Gasteiger partial charge on any atom is 0.317 e. The summed E-state index contributed by atoms with van der Waals surface area (Å²) in [5.74, 6) is -3.79. The Bertz CT molecular complexity index is 889. The molecular weight excluding hydrogens is 406 g/mol. The lowest BCUT2D eigenvalue weighted by Gasteiger charge is -2.43. The van der Waals surface area contributed by atoms with Crippen LogP contribution in [0.1, 0.15) is 49.0 Å². The van der Waals surface area contributed by atoms with Crippen LogP contribution in [0.25, 0.3) is 0 Å². The van der Waals surface area contributed by atoms with Gasteiger partial charge in [0.05, 0.1) is 11.1 Å². The number of amides is 2. The van der Waals surface area contributed by atoms with Crippen LogP contribution in [0.15, 0.2) is 30.6 Å². The molecule has 1 aliphatic carbocycles. The van der Waals surface area contributed by atoms with Gasteiger partial charge in [0.25, 0.3) is 5.91 Å². The van der Waals surface area contributed by atoms with Gasteiger partial charge < -0.3 is 5.32 Å². The number of anilines is 1. The van der Waals surface area contributed by atoms with Crippen molar-refractivity contribution in [1.29, 1.82) is 0 Å². The van der Waals surface area contributed by atoms with Crippen molar-refractivity contribution in [3.63, 3.8) is 0 Å². The fraction of sp³-hybridized carbons (Fsp3) is 0.368. The summed E-state index contributed by atoms with van der Waals surface area (Å²) in [6, 6.07) is 3.34. The van der Waals surface area contributed by atoms with Gasteiger partial charge in [-0.1, -0.05) is 19.9 Å². The molecule has 1 aromatic heterocycles. The van der Waals surface area contributed by atoms with Crippen molar-refractivity contribution in [3.8, 4) is 0 Å². The van der Waals surface area contributed by atoms with Crippen LogP contribution in [-0.4, -0.2) is 28.2 Å². The zero-order valence-corrected chi connectivity index (χ0v) is 16.3. The standard InChI is InChI=1S/C17H15F4N5O2.C2H6/c18-10-2-3-11(12(19)6-10)17(4-1-5-17)24-16-22-7-9(8-23-16)14(27)25-26-15(28)13(20)21;1-2/h2-3,6-8,13H,1,4-5H2,(H,25,27)(H,26,28)(H,22,23,24);1-2H3. The molecule has 3 rings (SSSR count). The monoisotopic (exact) mass is 427 g/mol. The number of aromatic nitrogens is 2. The average molecular weight is 427 g/mol. The van der Waals surface area contributed by atoms with E-state index in [9.17, 15) is 27.2 Å². The molecule has 2 aromatic rings. The lowest BCUT2D eigenvalue weighted by atomic mass is 9.71. The van der Waals surface area contributed by atoms with Gasteiger partial charge >= 0.3 is 12.3 Å². The van der Waals surface area contributed by atoms with Gasteiger partial charge in [-0.05, 0) is 25.3 Å². The van der Waals surface area contributed by atoms with Crippen LogP contribution in [0.4, 0.5) is 23.5 Å². The Labute approximate surface area is 170 Å². The molecule has 0 spiro atoms.